The number of aromatic nitrogens is 1. The Labute approximate surface area is 146 Å². The van der Waals surface area contributed by atoms with Gasteiger partial charge in [-0.25, -0.2) is 4.98 Å². The van der Waals surface area contributed by atoms with E-state index in [9.17, 15) is 13.2 Å². The summed E-state index contributed by atoms with van der Waals surface area (Å²) in [5, 5.41) is 8.07. The first kappa shape index (κ1) is 18.5. The van der Waals surface area contributed by atoms with Crippen molar-refractivity contribution in [3.8, 4) is 0 Å². The van der Waals surface area contributed by atoms with E-state index in [-0.39, 0.29) is 12.6 Å². The van der Waals surface area contributed by atoms with Gasteiger partial charge in [-0.15, -0.1) is 11.3 Å². The Morgan fingerprint density at radius 3 is 2.75 bits per heavy atom. The van der Waals surface area contributed by atoms with Crippen LogP contribution in [0.5, 0.6) is 0 Å². The van der Waals surface area contributed by atoms with Crippen LogP contribution in [0.15, 0.2) is 34.6 Å². The molecular formula is C15H16ClF3N4S. The molecule has 2 rings (SSSR count). The van der Waals surface area contributed by atoms with Gasteiger partial charge < -0.3 is 10.6 Å². The third kappa shape index (κ3) is 5.10. The van der Waals surface area contributed by atoms with Crippen molar-refractivity contribution in [2.75, 3.05) is 7.05 Å². The number of guanidine groups is 1. The molecule has 9 heteroatoms. The minimum Gasteiger partial charge on any atom is -0.350 e. The monoisotopic (exact) mass is 376 g/mol. The molecule has 1 atom stereocenters. The van der Waals surface area contributed by atoms with Gasteiger partial charge in [0.05, 0.1) is 12.6 Å². The highest BCUT2D eigenvalue weighted by atomic mass is 35.5. The van der Waals surface area contributed by atoms with E-state index in [1.807, 2.05) is 25.1 Å². The standard InChI is InChI=1S/C15H16ClF3N4S/c1-9(10-4-3-5-11(16)6-10)22-14(20-2)21-7-13-23-12(8-24-13)15(17,18)19/h3-6,8-9H,7H2,1-2H3,(H2,20,21,22). The topological polar surface area (TPSA) is 49.3 Å². The van der Waals surface area contributed by atoms with E-state index in [1.54, 1.807) is 13.1 Å². The van der Waals surface area contributed by atoms with Crippen LogP contribution in [0.1, 0.15) is 29.2 Å². The molecule has 4 nitrogen and oxygen atoms in total. The Hall–Kier alpha value is -1.80. The molecule has 0 aliphatic carbocycles. The van der Waals surface area contributed by atoms with E-state index in [1.165, 1.54) is 0 Å². The second-order valence-electron chi connectivity index (χ2n) is 4.97. The van der Waals surface area contributed by atoms with Crippen LogP contribution in [0.4, 0.5) is 13.2 Å². The average molecular weight is 377 g/mol. The number of hydrogen-bond donors (Lipinski definition) is 2. The molecule has 0 spiro atoms. The zero-order chi connectivity index (χ0) is 17.7. The molecule has 0 saturated carbocycles. The third-order valence-corrected chi connectivity index (χ3v) is 4.26. The zero-order valence-electron chi connectivity index (χ0n) is 13.0. The number of rotatable bonds is 4. The molecule has 0 bridgehead atoms. The molecule has 24 heavy (non-hydrogen) atoms. The average Bonchev–Trinajstić information content (AvgIpc) is 3.00. The predicted molar refractivity (Wildman–Crippen MR) is 90.3 cm³/mol. The van der Waals surface area contributed by atoms with Crippen molar-refractivity contribution in [2.45, 2.75) is 25.7 Å². The normalized spacial score (nSPS) is 13.7. The summed E-state index contributed by atoms with van der Waals surface area (Å²) in [4.78, 5) is 7.63. The highest BCUT2D eigenvalue weighted by Crippen LogP contribution is 2.29. The highest BCUT2D eigenvalue weighted by molar-refractivity contribution is 7.09. The number of hydrogen-bond acceptors (Lipinski definition) is 3. The van der Waals surface area contributed by atoms with E-state index >= 15 is 0 Å². The number of benzene rings is 1. The lowest BCUT2D eigenvalue weighted by molar-refractivity contribution is -0.140. The summed E-state index contributed by atoms with van der Waals surface area (Å²) in [6.07, 6.45) is -4.42. The molecule has 2 N–H and O–H groups in total. The first-order chi connectivity index (χ1) is 11.3. The van der Waals surface area contributed by atoms with Gasteiger partial charge in [0.2, 0.25) is 0 Å². The SMILES string of the molecule is CN=C(NCc1nc(C(F)(F)F)cs1)NC(C)c1cccc(Cl)c1. The van der Waals surface area contributed by atoms with Gasteiger partial charge in [0, 0.05) is 17.5 Å². The smallest absolute Gasteiger partial charge is 0.350 e. The zero-order valence-corrected chi connectivity index (χ0v) is 14.6. The van der Waals surface area contributed by atoms with E-state index in [4.69, 9.17) is 11.6 Å². The van der Waals surface area contributed by atoms with Crippen LogP contribution in [-0.4, -0.2) is 18.0 Å². The van der Waals surface area contributed by atoms with Gasteiger partial charge in [0.25, 0.3) is 0 Å². The summed E-state index contributed by atoms with van der Waals surface area (Å²) in [7, 11) is 1.59. The molecule has 1 aromatic heterocycles. The van der Waals surface area contributed by atoms with E-state index in [2.05, 4.69) is 20.6 Å². The predicted octanol–water partition coefficient (Wildman–Crippen LogP) is 4.24. The van der Waals surface area contributed by atoms with E-state index in [0.29, 0.717) is 16.0 Å². The maximum Gasteiger partial charge on any atom is 0.434 e. The number of aliphatic imine (C=N–C) groups is 1. The Bertz CT molecular complexity index is 715. The molecule has 2 aromatic rings. The van der Waals surface area contributed by atoms with Crippen LogP contribution >= 0.6 is 22.9 Å². The summed E-state index contributed by atoms with van der Waals surface area (Å²) in [5.74, 6) is 0.464. The van der Waals surface area contributed by atoms with Gasteiger partial charge in [-0.3, -0.25) is 4.99 Å². The van der Waals surface area contributed by atoms with Crippen LogP contribution in [0.25, 0.3) is 0 Å². The van der Waals surface area contributed by atoms with Crippen molar-refractivity contribution in [2.24, 2.45) is 4.99 Å². The summed E-state index contributed by atoms with van der Waals surface area (Å²) in [6.45, 7) is 2.09. The molecule has 0 aliphatic rings. The second kappa shape index (κ2) is 7.85. The van der Waals surface area contributed by atoms with Gasteiger partial charge >= 0.3 is 6.18 Å². The Morgan fingerprint density at radius 1 is 1.42 bits per heavy atom. The summed E-state index contributed by atoms with van der Waals surface area (Å²) in [6, 6.07) is 7.32. The molecule has 130 valence electrons. The number of halogens is 4. The van der Waals surface area contributed by atoms with Gasteiger partial charge in [-0.1, -0.05) is 23.7 Å². The van der Waals surface area contributed by atoms with Crippen LogP contribution in [0, 0.1) is 0 Å². The molecular weight excluding hydrogens is 361 g/mol. The molecule has 0 radical (unpaired) electrons. The largest absolute Gasteiger partial charge is 0.434 e. The molecule has 0 amide bonds. The maximum atomic E-state index is 12.5. The van der Waals surface area contributed by atoms with E-state index < -0.39 is 11.9 Å². The summed E-state index contributed by atoms with van der Waals surface area (Å²) in [5.41, 5.74) is 0.0959. The van der Waals surface area contributed by atoms with Crippen molar-refractivity contribution in [3.63, 3.8) is 0 Å². The fourth-order valence-corrected chi connectivity index (χ4v) is 2.88. The van der Waals surface area contributed by atoms with Crippen LogP contribution < -0.4 is 10.6 Å². The minimum atomic E-state index is -4.42. The van der Waals surface area contributed by atoms with Gasteiger partial charge in [-0.2, -0.15) is 13.2 Å². The molecule has 1 heterocycles. The van der Waals surface area contributed by atoms with Crippen molar-refractivity contribution in [1.29, 1.82) is 0 Å². The van der Waals surface area contributed by atoms with E-state index in [0.717, 1.165) is 22.3 Å². The first-order valence-corrected chi connectivity index (χ1v) is 8.29. The number of nitrogens with zero attached hydrogens (tertiary/aromatic N) is 2. The van der Waals surface area contributed by atoms with Crippen LogP contribution in [0.2, 0.25) is 5.02 Å². The maximum absolute atomic E-state index is 12.5. The molecule has 0 saturated heterocycles. The van der Waals surface area contributed by atoms with Crippen LogP contribution in [0.3, 0.4) is 0 Å². The quantitative estimate of drug-likeness (QED) is 0.619. The fraction of sp³-hybridized carbons (Fsp3) is 0.333. The minimum absolute atomic E-state index is 0.0723. The number of thiazole rings is 1. The van der Waals surface area contributed by atoms with Gasteiger partial charge in [0.1, 0.15) is 5.01 Å². The van der Waals surface area contributed by atoms with Gasteiger partial charge in [-0.05, 0) is 24.6 Å². The van der Waals surface area contributed by atoms with Crippen molar-refractivity contribution >= 4 is 28.9 Å². The lowest BCUT2D eigenvalue weighted by Crippen LogP contribution is -2.38. The lowest BCUT2D eigenvalue weighted by Gasteiger charge is -2.18. The fourth-order valence-electron chi connectivity index (χ4n) is 1.94. The molecule has 0 aliphatic heterocycles. The Kier molecular flexibility index (Phi) is 6.06. The first-order valence-electron chi connectivity index (χ1n) is 7.04. The van der Waals surface area contributed by atoms with Crippen LogP contribution in [-0.2, 0) is 12.7 Å². The molecule has 1 aromatic carbocycles. The molecule has 0 fully saturated rings. The highest BCUT2D eigenvalue weighted by Gasteiger charge is 2.33. The van der Waals surface area contributed by atoms with Crippen molar-refractivity contribution < 1.29 is 13.2 Å². The summed E-state index contributed by atoms with van der Waals surface area (Å²) >= 11 is 6.92. The van der Waals surface area contributed by atoms with Crippen molar-refractivity contribution in [1.82, 2.24) is 15.6 Å². The summed E-state index contributed by atoms with van der Waals surface area (Å²) < 4.78 is 37.6. The third-order valence-electron chi connectivity index (χ3n) is 3.17. The Morgan fingerprint density at radius 2 is 2.17 bits per heavy atom. The second-order valence-corrected chi connectivity index (χ2v) is 6.35. The van der Waals surface area contributed by atoms with Gasteiger partial charge in [0.15, 0.2) is 11.7 Å². The number of alkyl halides is 3. The van der Waals surface area contributed by atoms with Crippen molar-refractivity contribution in [3.05, 3.63) is 50.9 Å². The Balaban J connectivity index is 1.94. The molecule has 1 unspecified atom stereocenters. The lowest BCUT2D eigenvalue weighted by atomic mass is 10.1. The number of nitrogens with one attached hydrogen (secondary N) is 2.